The maximum absolute atomic E-state index is 12.8. The molecule has 3 atom stereocenters. The van der Waals surface area contributed by atoms with Crippen LogP contribution in [0.5, 0.6) is 0 Å². The predicted molar refractivity (Wildman–Crippen MR) is 96.6 cm³/mol. The summed E-state index contributed by atoms with van der Waals surface area (Å²) in [5.41, 5.74) is 1.55. The van der Waals surface area contributed by atoms with Gasteiger partial charge in [0, 0.05) is 19.0 Å². The average Bonchev–Trinajstić information content (AvgIpc) is 2.89. The number of benzene rings is 1. The van der Waals surface area contributed by atoms with E-state index in [0.29, 0.717) is 11.8 Å². The molecule has 1 saturated heterocycles. The zero-order chi connectivity index (χ0) is 15.9. The first-order valence-electron chi connectivity index (χ1n) is 8.01. The fourth-order valence-electron chi connectivity index (χ4n) is 3.83. The summed E-state index contributed by atoms with van der Waals surface area (Å²) < 4.78 is 15.0. The molecule has 0 aromatic heterocycles. The molecule has 0 amide bonds. The summed E-state index contributed by atoms with van der Waals surface area (Å²) in [7, 11) is -2.39. The molecule has 1 aliphatic carbocycles. The van der Waals surface area contributed by atoms with Crippen LogP contribution in [0.25, 0.3) is 0 Å². The van der Waals surface area contributed by atoms with E-state index in [0.717, 1.165) is 18.0 Å². The van der Waals surface area contributed by atoms with E-state index in [-0.39, 0.29) is 0 Å². The van der Waals surface area contributed by atoms with Crippen LogP contribution < -0.4 is 0 Å². The second-order valence-corrected chi connectivity index (χ2v) is 13.9. The molecule has 2 aliphatic rings. The number of hydrogen-bond acceptors (Lipinski definition) is 1. The molecule has 0 spiro atoms. The van der Waals surface area contributed by atoms with Gasteiger partial charge >= 0.3 is 0 Å². The van der Waals surface area contributed by atoms with E-state index in [4.69, 9.17) is 0 Å². The van der Waals surface area contributed by atoms with Crippen LogP contribution in [-0.4, -0.2) is 29.7 Å². The van der Waals surface area contributed by atoms with Gasteiger partial charge in [-0.25, -0.2) is 8.51 Å². The van der Waals surface area contributed by atoms with Gasteiger partial charge in [0.2, 0.25) is 0 Å². The van der Waals surface area contributed by atoms with Crippen molar-refractivity contribution in [3.05, 3.63) is 53.3 Å². The molecule has 0 radical (unpaired) electrons. The van der Waals surface area contributed by atoms with E-state index < -0.39 is 19.1 Å². The zero-order valence-corrected chi connectivity index (χ0v) is 15.7. The molecular weight excluding hydrogens is 306 g/mol. The van der Waals surface area contributed by atoms with Crippen molar-refractivity contribution >= 4 is 19.1 Å². The molecule has 0 saturated carbocycles. The molecular formula is C18H25NOSSi. The Hall–Kier alpha value is -0.973. The molecule has 1 aromatic carbocycles. The molecule has 1 unspecified atom stereocenters. The first-order chi connectivity index (χ1) is 10.4. The van der Waals surface area contributed by atoms with Crippen LogP contribution >= 0.6 is 0 Å². The van der Waals surface area contributed by atoms with Crippen LogP contribution in [-0.2, 0) is 11.0 Å². The maximum atomic E-state index is 12.8. The third kappa shape index (κ3) is 2.92. The molecule has 0 bridgehead atoms. The van der Waals surface area contributed by atoms with Crippen LogP contribution in [0.1, 0.15) is 6.92 Å². The summed E-state index contributed by atoms with van der Waals surface area (Å²) in [5.74, 6) is 1.01. The SMILES string of the molecule is C[C@@H]1C=C[C@@H]2CN(S(=O)c3ccccc3)CC2=C1[Si](C)(C)C. The van der Waals surface area contributed by atoms with Gasteiger partial charge in [-0.05, 0) is 18.1 Å². The Morgan fingerprint density at radius 1 is 1.14 bits per heavy atom. The molecule has 118 valence electrons. The second-order valence-electron chi connectivity index (χ2n) is 7.35. The number of rotatable bonds is 3. The molecule has 1 aromatic rings. The summed E-state index contributed by atoms with van der Waals surface area (Å²) in [6, 6.07) is 9.83. The first-order valence-corrected chi connectivity index (χ1v) is 12.6. The minimum atomic E-state index is -1.35. The van der Waals surface area contributed by atoms with E-state index >= 15 is 0 Å². The van der Waals surface area contributed by atoms with Crippen molar-refractivity contribution in [2.75, 3.05) is 13.1 Å². The Bertz CT molecular complexity index is 645. The van der Waals surface area contributed by atoms with Gasteiger partial charge in [0.1, 0.15) is 11.0 Å². The highest BCUT2D eigenvalue weighted by molar-refractivity contribution is 7.82. The van der Waals surface area contributed by atoms with Crippen LogP contribution in [0.15, 0.2) is 58.1 Å². The van der Waals surface area contributed by atoms with Crippen LogP contribution in [0.4, 0.5) is 0 Å². The predicted octanol–water partition coefficient (Wildman–Crippen LogP) is 4.02. The number of fused-ring (bicyclic) bond motifs is 1. The molecule has 1 fully saturated rings. The van der Waals surface area contributed by atoms with E-state index in [1.165, 1.54) is 0 Å². The van der Waals surface area contributed by atoms with Crippen molar-refractivity contribution in [2.24, 2.45) is 11.8 Å². The smallest absolute Gasteiger partial charge is 0.127 e. The Morgan fingerprint density at radius 3 is 2.45 bits per heavy atom. The normalized spacial score (nSPS) is 27.1. The summed E-state index contributed by atoms with van der Waals surface area (Å²) in [6.45, 7) is 11.3. The van der Waals surface area contributed by atoms with Crippen LogP contribution in [0.2, 0.25) is 19.6 Å². The van der Waals surface area contributed by atoms with Crippen molar-refractivity contribution in [3.8, 4) is 0 Å². The Labute approximate surface area is 137 Å². The highest BCUT2D eigenvalue weighted by atomic mass is 32.2. The van der Waals surface area contributed by atoms with Crippen molar-refractivity contribution < 1.29 is 4.21 Å². The molecule has 1 aliphatic heterocycles. The van der Waals surface area contributed by atoms with Gasteiger partial charge in [-0.1, -0.05) is 67.7 Å². The number of allylic oxidation sites excluding steroid dienone is 2. The monoisotopic (exact) mass is 331 g/mol. The van der Waals surface area contributed by atoms with Gasteiger partial charge in [0.15, 0.2) is 0 Å². The third-order valence-corrected chi connectivity index (χ3v) is 8.43. The first kappa shape index (κ1) is 15.9. The standard InChI is InChI=1S/C18H25NOSSi/c1-14-10-11-15-12-19(13-17(15)18(14)22(2,3)4)21(20)16-8-6-5-7-9-16/h5-11,14-15H,12-13H2,1-4H3/t14-,15-,21?/m1/s1. The largest absolute Gasteiger partial charge is 0.237 e. The van der Waals surface area contributed by atoms with Gasteiger partial charge in [-0.3, -0.25) is 0 Å². The highest BCUT2D eigenvalue weighted by Crippen LogP contribution is 2.39. The van der Waals surface area contributed by atoms with Gasteiger partial charge in [0.05, 0.1) is 13.0 Å². The van der Waals surface area contributed by atoms with E-state index in [9.17, 15) is 4.21 Å². The Morgan fingerprint density at radius 2 is 1.82 bits per heavy atom. The fraction of sp³-hybridized carbons (Fsp3) is 0.444. The lowest BCUT2D eigenvalue weighted by atomic mass is 9.91. The minimum Gasteiger partial charge on any atom is -0.237 e. The van der Waals surface area contributed by atoms with E-state index in [1.807, 2.05) is 30.3 Å². The maximum Gasteiger partial charge on any atom is 0.127 e. The van der Waals surface area contributed by atoms with Crippen molar-refractivity contribution in [2.45, 2.75) is 31.5 Å². The van der Waals surface area contributed by atoms with Crippen LogP contribution in [0.3, 0.4) is 0 Å². The number of hydrogen-bond donors (Lipinski definition) is 0. The second kappa shape index (κ2) is 5.91. The summed E-state index contributed by atoms with van der Waals surface area (Å²) >= 11 is 0. The molecule has 22 heavy (non-hydrogen) atoms. The zero-order valence-electron chi connectivity index (χ0n) is 13.9. The highest BCUT2D eigenvalue weighted by Gasteiger charge is 2.38. The lowest BCUT2D eigenvalue weighted by Crippen LogP contribution is -2.32. The lowest BCUT2D eigenvalue weighted by Gasteiger charge is -2.32. The Kier molecular flexibility index (Phi) is 4.27. The minimum absolute atomic E-state index is 0.464. The fourth-order valence-corrected chi connectivity index (χ4v) is 7.76. The molecule has 3 rings (SSSR count). The van der Waals surface area contributed by atoms with E-state index in [2.05, 4.69) is 43.0 Å². The summed E-state index contributed by atoms with van der Waals surface area (Å²) in [5, 5.41) is 1.67. The molecule has 1 heterocycles. The molecule has 0 N–H and O–H groups in total. The van der Waals surface area contributed by atoms with Crippen molar-refractivity contribution in [3.63, 3.8) is 0 Å². The average molecular weight is 332 g/mol. The lowest BCUT2D eigenvalue weighted by molar-refractivity contribution is 0.524. The number of nitrogens with zero attached hydrogens (tertiary/aromatic N) is 1. The van der Waals surface area contributed by atoms with Crippen molar-refractivity contribution in [1.29, 1.82) is 0 Å². The Balaban J connectivity index is 1.91. The van der Waals surface area contributed by atoms with Gasteiger partial charge in [-0.15, -0.1) is 0 Å². The molecule has 2 nitrogen and oxygen atoms in total. The van der Waals surface area contributed by atoms with Gasteiger partial charge in [0.25, 0.3) is 0 Å². The van der Waals surface area contributed by atoms with Crippen LogP contribution in [0, 0.1) is 11.8 Å². The summed E-state index contributed by atoms with van der Waals surface area (Å²) in [6.07, 6.45) is 4.70. The molecule has 4 heteroatoms. The van der Waals surface area contributed by atoms with Gasteiger partial charge in [-0.2, -0.15) is 0 Å². The van der Waals surface area contributed by atoms with Gasteiger partial charge < -0.3 is 0 Å². The van der Waals surface area contributed by atoms with Crippen molar-refractivity contribution in [1.82, 2.24) is 4.31 Å². The summed E-state index contributed by atoms with van der Waals surface area (Å²) in [4.78, 5) is 0.910. The third-order valence-electron chi connectivity index (χ3n) is 4.62. The quantitative estimate of drug-likeness (QED) is 0.605. The topological polar surface area (TPSA) is 20.3 Å². The van der Waals surface area contributed by atoms with E-state index in [1.54, 1.807) is 10.8 Å².